The Hall–Kier alpha value is -3.22. The summed E-state index contributed by atoms with van der Waals surface area (Å²) >= 11 is 0. The maximum Gasteiger partial charge on any atom is 0.245 e. The van der Waals surface area contributed by atoms with Crippen molar-refractivity contribution in [1.29, 1.82) is 0 Å². The monoisotopic (exact) mass is 488 g/mol. The smallest absolute Gasteiger partial charge is 0.245 e. The molecule has 34 heavy (non-hydrogen) atoms. The van der Waals surface area contributed by atoms with Crippen LogP contribution in [-0.2, 0) is 32.5 Å². The molecule has 1 aliphatic rings. The van der Waals surface area contributed by atoms with Crippen LogP contribution in [0.15, 0.2) is 53.4 Å². The molecule has 0 spiro atoms. The predicted molar refractivity (Wildman–Crippen MR) is 120 cm³/mol. The minimum atomic E-state index is -3.58. The van der Waals surface area contributed by atoms with Crippen molar-refractivity contribution in [2.24, 2.45) is 0 Å². The van der Waals surface area contributed by atoms with Crippen molar-refractivity contribution in [1.82, 2.24) is 29.8 Å². The number of nitrogens with one attached hydrogen (secondary N) is 1. The first-order valence-electron chi connectivity index (χ1n) is 10.8. The molecule has 10 nitrogen and oxygen atoms in total. The number of hydrogen-bond acceptors (Lipinski definition) is 7. The third-order valence-electron chi connectivity index (χ3n) is 5.60. The van der Waals surface area contributed by atoms with Crippen molar-refractivity contribution < 1.29 is 22.3 Å². The molecule has 3 aromatic rings. The highest BCUT2D eigenvalue weighted by molar-refractivity contribution is 7.89. The maximum absolute atomic E-state index is 13.3. The van der Waals surface area contributed by atoms with Gasteiger partial charge >= 0.3 is 0 Å². The van der Waals surface area contributed by atoms with Crippen LogP contribution in [0.1, 0.15) is 23.0 Å². The number of aromatic nitrogens is 4. The van der Waals surface area contributed by atoms with E-state index in [-0.39, 0.29) is 29.6 Å². The van der Waals surface area contributed by atoms with Gasteiger partial charge in [-0.05, 0) is 52.7 Å². The Kier molecular flexibility index (Phi) is 7.29. The second-order valence-corrected chi connectivity index (χ2v) is 9.83. The molecular weight excluding hydrogens is 463 g/mol. The fourth-order valence-electron chi connectivity index (χ4n) is 3.68. The predicted octanol–water partition coefficient (Wildman–Crippen LogP) is 1.24. The lowest BCUT2D eigenvalue weighted by Crippen LogP contribution is -2.40. The van der Waals surface area contributed by atoms with Crippen LogP contribution in [0, 0.1) is 12.7 Å². The van der Waals surface area contributed by atoms with E-state index in [4.69, 9.17) is 4.74 Å². The van der Waals surface area contributed by atoms with Gasteiger partial charge in [0.15, 0.2) is 0 Å². The third kappa shape index (κ3) is 5.46. The Morgan fingerprint density at radius 3 is 2.35 bits per heavy atom. The summed E-state index contributed by atoms with van der Waals surface area (Å²) in [5.74, 6) is -0.202. The number of ether oxygens (including phenoxy) is 1. The topological polar surface area (TPSA) is 119 Å². The lowest BCUT2D eigenvalue weighted by atomic mass is 10.0. The number of carbonyl (C=O) groups excluding carboxylic acids is 1. The summed E-state index contributed by atoms with van der Waals surface area (Å²) in [5, 5.41) is 14.3. The van der Waals surface area contributed by atoms with Gasteiger partial charge in [0.1, 0.15) is 17.7 Å². The van der Waals surface area contributed by atoms with E-state index in [9.17, 15) is 17.6 Å². The van der Waals surface area contributed by atoms with Gasteiger partial charge in [-0.3, -0.25) is 4.79 Å². The van der Waals surface area contributed by atoms with Gasteiger partial charge in [0.25, 0.3) is 0 Å². The van der Waals surface area contributed by atoms with Crippen LogP contribution in [0.5, 0.6) is 0 Å². The first-order chi connectivity index (χ1) is 16.3. The molecule has 1 atom stereocenters. The molecule has 1 saturated heterocycles. The van der Waals surface area contributed by atoms with Crippen molar-refractivity contribution >= 4 is 15.9 Å². The first-order valence-corrected chi connectivity index (χ1v) is 12.2. The molecule has 1 aromatic heterocycles. The molecule has 2 aromatic carbocycles. The van der Waals surface area contributed by atoms with Gasteiger partial charge in [-0.1, -0.05) is 24.3 Å². The number of hydrogen-bond donors (Lipinski definition) is 1. The molecule has 0 saturated carbocycles. The van der Waals surface area contributed by atoms with E-state index in [0.717, 1.165) is 11.1 Å². The highest BCUT2D eigenvalue weighted by Gasteiger charge is 2.27. The maximum atomic E-state index is 13.3. The Morgan fingerprint density at radius 1 is 1.09 bits per heavy atom. The molecule has 4 rings (SSSR count). The zero-order valence-electron chi connectivity index (χ0n) is 18.6. The van der Waals surface area contributed by atoms with Crippen LogP contribution in [0.2, 0.25) is 0 Å². The van der Waals surface area contributed by atoms with Gasteiger partial charge in [0.2, 0.25) is 15.9 Å². The number of nitrogens with zero attached hydrogens (tertiary/aromatic N) is 5. The van der Waals surface area contributed by atoms with Crippen molar-refractivity contribution in [2.75, 3.05) is 26.3 Å². The quantitative estimate of drug-likeness (QED) is 0.507. The zero-order chi connectivity index (χ0) is 24.1. The zero-order valence-corrected chi connectivity index (χ0v) is 19.4. The molecular formula is C22H25FN6O4S. The molecule has 0 bridgehead atoms. The standard InChI is InChI=1S/C22H25FN6O4S/c1-16-25-26-27-29(16)21(14-17-2-6-19(23)7-3-17)22(30)24-15-18-4-8-20(9-5-18)34(31,32)28-10-12-33-13-11-28/h2-9,21H,10-15H2,1H3,(H,24,30). The third-order valence-corrected chi connectivity index (χ3v) is 7.51. The number of benzene rings is 2. The minimum Gasteiger partial charge on any atom is -0.379 e. The fourth-order valence-corrected chi connectivity index (χ4v) is 5.09. The Balaban J connectivity index is 1.44. The number of sulfonamides is 1. The largest absolute Gasteiger partial charge is 0.379 e. The Labute approximate surface area is 196 Å². The van der Waals surface area contributed by atoms with Crippen molar-refractivity contribution in [3.8, 4) is 0 Å². The average Bonchev–Trinajstić information content (AvgIpc) is 3.28. The SMILES string of the molecule is Cc1nnnn1C(Cc1ccc(F)cc1)C(=O)NCc1ccc(S(=O)(=O)N2CCOCC2)cc1. The van der Waals surface area contributed by atoms with Crippen molar-refractivity contribution in [3.63, 3.8) is 0 Å². The summed E-state index contributed by atoms with van der Waals surface area (Å²) in [6, 6.07) is 11.6. The number of carbonyl (C=O) groups is 1. The Morgan fingerprint density at radius 2 is 1.74 bits per heavy atom. The fraction of sp³-hybridized carbons (Fsp3) is 0.364. The molecule has 1 amide bonds. The second kappa shape index (κ2) is 10.4. The van der Waals surface area contributed by atoms with Crippen LogP contribution in [0.3, 0.4) is 0 Å². The van der Waals surface area contributed by atoms with E-state index in [1.807, 2.05) is 0 Å². The summed E-state index contributed by atoms with van der Waals surface area (Å²) in [4.78, 5) is 13.3. The number of tetrazole rings is 1. The van der Waals surface area contributed by atoms with Gasteiger partial charge in [0, 0.05) is 26.1 Å². The van der Waals surface area contributed by atoms with Crippen molar-refractivity contribution in [2.45, 2.75) is 30.8 Å². The van der Waals surface area contributed by atoms with E-state index in [1.54, 1.807) is 31.2 Å². The van der Waals surface area contributed by atoms with Crippen LogP contribution >= 0.6 is 0 Å². The first kappa shape index (κ1) is 23.9. The van der Waals surface area contributed by atoms with E-state index >= 15 is 0 Å². The molecule has 1 fully saturated rings. The Bertz CT molecular complexity index is 1230. The van der Waals surface area contributed by atoms with Crippen LogP contribution in [-0.4, -0.2) is 65.1 Å². The van der Waals surface area contributed by atoms with E-state index < -0.39 is 16.1 Å². The number of aryl methyl sites for hydroxylation is 1. The van der Waals surface area contributed by atoms with Gasteiger partial charge in [0.05, 0.1) is 18.1 Å². The summed E-state index contributed by atoms with van der Waals surface area (Å²) in [7, 11) is -3.58. The van der Waals surface area contributed by atoms with Gasteiger partial charge in [-0.25, -0.2) is 17.5 Å². The van der Waals surface area contributed by atoms with Crippen LogP contribution < -0.4 is 5.32 Å². The highest BCUT2D eigenvalue weighted by atomic mass is 32.2. The summed E-state index contributed by atoms with van der Waals surface area (Å²) in [6.07, 6.45) is 0.273. The molecule has 12 heteroatoms. The molecule has 1 aliphatic heterocycles. The molecule has 0 radical (unpaired) electrons. The number of rotatable bonds is 8. The molecule has 1 unspecified atom stereocenters. The normalized spacial score (nSPS) is 15.7. The molecule has 2 heterocycles. The summed E-state index contributed by atoms with van der Waals surface area (Å²) in [6.45, 7) is 3.29. The van der Waals surface area contributed by atoms with Gasteiger partial charge in [-0.15, -0.1) is 5.10 Å². The lowest BCUT2D eigenvalue weighted by molar-refractivity contribution is -0.124. The van der Waals surface area contributed by atoms with Gasteiger partial charge in [-0.2, -0.15) is 4.31 Å². The van der Waals surface area contributed by atoms with Gasteiger partial charge < -0.3 is 10.1 Å². The van der Waals surface area contributed by atoms with E-state index in [0.29, 0.717) is 32.1 Å². The second-order valence-electron chi connectivity index (χ2n) is 7.90. The van der Waals surface area contributed by atoms with E-state index in [2.05, 4.69) is 20.8 Å². The summed E-state index contributed by atoms with van der Waals surface area (Å²) < 4.78 is 46.9. The molecule has 180 valence electrons. The highest BCUT2D eigenvalue weighted by Crippen LogP contribution is 2.19. The summed E-state index contributed by atoms with van der Waals surface area (Å²) in [5.41, 5.74) is 1.50. The van der Waals surface area contributed by atoms with Crippen LogP contribution in [0.4, 0.5) is 4.39 Å². The number of halogens is 1. The van der Waals surface area contributed by atoms with E-state index in [1.165, 1.54) is 33.3 Å². The average molecular weight is 489 g/mol. The lowest BCUT2D eigenvalue weighted by Gasteiger charge is -2.26. The number of morpholine rings is 1. The molecule has 0 aliphatic carbocycles. The minimum absolute atomic E-state index is 0.192. The molecule has 1 N–H and O–H groups in total. The van der Waals surface area contributed by atoms with Crippen LogP contribution in [0.25, 0.3) is 0 Å². The van der Waals surface area contributed by atoms with Crippen molar-refractivity contribution in [3.05, 3.63) is 71.3 Å². The number of amides is 1.